The van der Waals surface area contributed by atoms with Crippen molar-refractivity contribution in [1.82, 2.24) is 14.7 Å². The average Bonchev–Trinajstić information content (AvgIpc) is 2.77. The lowest BCUT2D eigenvalue weighted by Gasteiger charge is -2.22. The predicted octanol–water partition coefficient (Wildman–Crippen LogP) is 2.97. The van der Waals surface area contributed by atoms with E-state index < -0.39 is 0 Å². The van der Waals surface area contributed by atoms with Crippen molar-refractivity contribution in [3.05, 3.63) is 41.1 Å². The van der Waals surface area contributed by atoms with Gasteiger partial charge in [-0.05, 0) is 30.9 Å². The number of urea groups is 1. The van der Waals surface area contributed by atoms with Crippen molar-refractivity contribution in [2.24, 2.45) is 7.05 Å². The van der Waals surface area contributed by atoms with E-state index in [9.17, 15) is 4.79 Å². The van der Waals surface area contributed by atoms with Gasteiger partial charge in [-0.3, -0.25) is 4.68 Å². The smallest absolute Gasteiger partial charge is 0.322 e. The molecule has 1 aliphatic heterocycles. The average molecular weight is 328 g/mol. The van der Waals surface area contributed by atoms with Crippen LogP contribution in [0.2, 0.25) is 0 Å². The molecule has 0 aliphatic carbocycles. The van der Waals surface area contributed by atoms with Gasteiger partial charge in [-0.15, -0.1) is 5.10 Å². The standard InChI is InChI=1S/C18H24N4O2/c1-4-13-8-5-6-10-15(13)19-18(23)22-11-7-9-14-16(12-22)21(2)20-17(14)24-3/h5-6,8,10H,4,7,9,11-12H2,1-3H3,(H,19,23). The number of rotatable bonds is 3. The molecule has 0 atom stereocenters. The zero-order chi connectivity index (χ0) is 17.1. The number of carbonyl (C=O) groups is 1. The van der Waals surface area contributed by atoms with Gasteiger partial charge in [0.15, 0.2) is 0 Å². The van der Waals surface area contributed by atoms with Crippen LogP contribution in [0.25, 0.3) is 0 Å². The maximum absolute atomic E-state index is 12.7. The first-order chi connectivity index (χ1) is 11.6. The molecule has 6 nitrogen and oxygen atoms in total. The largest absolute Gasteiger partial charge is 0.480 e. The van der Waals surface area contributed by atoms with Crippen LogP contribution in [0, 0.1) is 0 Å². The quantitative estimate of drug-likeness (QED) is 0.942. The molecule has 3 rings (SSSR count). The Bertz CT molecular complexity index is 739. The second-order valence-corrected chi connectivity index (χ2v) is 6.02. The molecular weight excluding hydrogens is 304 g/mol. The Hall–Kier alpha value is -2.50. The van der Waals surface area contributed by atoms with Crippen LogP contribution in [0.4, 0.5) is 10.5 Å². The molecular formula is C18H24N4O2. The van der Waals surface area contributed by atoms with E-state index >= 15 is 0 Å². The third-order valence-corrected chi connectivity index (χ3v) is 4.55. The number of carbonyl (C=O) groups excluding carboxylic acids is 1. The van der Waals surface area contributed by atoms with Gasteiger partial charge in [0, 0.05) is 24.8 Å². The van der Waals surface area contributed by atoms with Gasteiger partial charge in [0.05, 0.1) is 19.3 Å². The number of aryl methyl sites for hydroxylation is 2. The van der Waals surface area contributed by atoms with Gasteiger partial charge in [0.2, 0.25) is 5.88 Å². The molecule has 1 aromatic heterocycles. The van der Waals surface area contributed by atoms with Crippen LogP contribution in [-0.4, -0.2) is 34.4 Å². The first-order valence-corrected chi connectivity index (χ1v) is 8.36. The van der Waals surface area contributed by atoms with Crippen molar-refractivity contribution < 1.29 is 9.53 Å². The minimum absolute atomic E-state index is 0.0658. The van der Waals surface area contributed by atoms with E-state index in [0.29, 0.717) is 12.4 Å². The number of fused-ring (bicyclic) bond motifs is 1. The molecule has 0 fully saturated rings. The van der Waals surface area contributed by atoms with E-state index in [-0.39, 0.29) is 6.03 Å². The van der Waals surface area contributed by atoms with Crippen molar-refractivity contribution in [2.45, 2.75) is 32.7 Å². The highest BCUT2D eigenvalue weighted by Crippen LogP contribution is 2.27. The van der Waals surface area contributed by atoms with E-state index in [2.05, 4.69) is 17.3 Å². The molecule has 0 spiro atoms. The molecule has 1 aromatic carbocycles. The number of amides is 2. The van der Waals surface area contributed by atoms with Gasteiger partial charge in [-0.1, -0.05) is 25.1 Å². The van der Waals surface area contributed by atoms with Crippen LogP contribution in [0.15, 0.2) is 24.3 Å². The zero-order valence-electron chi connectivity index (χ0n) is 14.5. The number of nitrogens with one attached hydrogen (secondary N) is 1. The third-order valence-electron chi connectivity index (χ3n) is 4.55. The Labute approximate surface area is 142 Å². The highest BCUT2D eigenvalue weighted by Gasteiger charge is 2.25. The molecule has 0 saturated heterocycles. The van der Waals surface area contributed by atoms with Gasteiger partial charge < -0.3 is 15.0 Å². The fourth-order valence-electron chi connectivity index (χ4n) is 3.21. The highest BCUT2D eigenvalue weighted by molar-refractivity contribution is 5.90. The number of hydrogen-bond donors (Lipinski definition) is 1. The van der Waals surface area contributed by atoms with Crippen molar-refractivity contribution in [3.63, 3.8) is 0 Å². The van der Waals surface area contributed by atoms with E-state index in [1.54, 1.807) is 7.11 Å². The number of para-hydroxylation sites is 1. The van der Waals surface area contributed by atoms with E-state index in [0.717, 1.165) is 48.3 Å². The molecule has 24 heavy (non-hydrogen) atoms. The van der Waals surface area contributed by atoms with Crippen molar-refractivity contribution in [3.8, 4) is 5.88 Å². The summed E-state index contributed by atoms with van der Waals surface area (Å²) in [6.07, 6.45) is 2.67. The Morgan fingerprint density at radius 3 is 2.92 bits per heavy atom. The first-order valence-electron chi connectivity index (χ1n) is 8.36. The molecule has 1 N–H and O–H groups in total. The van der Waals surface area contributed by atoms with Crippen LogP contribution in [0.5, 0.6) is 5.88 Å². The fraction of sp³-hybridized carbons (Fsp3) is 0.444. The minimum atomic E-state index is -0.0658. The SMILES string of the molecule is CCc1ccccc1NC(=O)N1CCCc2c(OC)nn(C)c2C1. The monoisotopic (exact) mass is 328 g/mol. The summed E-state index contributed by atoms with van der Waals surface area (Å²) in [5, 5.41) is 7.45. The fourth-order valence-corrected chi connectivity index (χ4v) is 3.21. The number of benzene rings is 1. The summed E-state index contributed by atoms with van der Waals surface area (Å²) in [6, 6.07) is 7.87. The summed E-state index contributed by atoms with van der Waals surface area (Å²) < 4.78 is 7.18. The molecule has 128 valence electrons. The Morgan fingerprint density at radius 2 is 2.17 bits per heavy atom. The molecule has 2 amide bonds. The summed E-state index contributed by atoms with van der Waals surface area (Å²) in [7, 11) is 3.54. The second kappa shape index (κ2) is 6.95. The molecule has 2 aromatic rings. The second-order valence-electron chi connectivity index (χ2n) is 6.02. The number of aromatic nitrogens is 2. The molecule has 2 heterocycles. The van der Waals surface area contributed by atoms with Crippen molar-refractivity contribution in [1.29, 1.82) is 0 Å². The number of methoxy groups -OCH3 is 1. The third kappa shape index (κ3) is 3.09. The number of anilines is 1. The van der Waals surface area contributed by atoms with Crippen LogP contribution in [0.3, 0.4) is 0 Å². The summed E-state index contributed by atoms with van der Waals surface area (Å²) in [4.78, 5) is 14.6. The maximum atomic E-state index is 12.7. The summed E-state index contributed by atoms with van der Waals surface area (Å²) in [6.45, 7) is 3.35. The zero-order valence-corrected chi connectivity index (χ0v) is 14.5. The molecule has 6 heteroatoms. The molecule has 0 bridgehead atoms. The first kappa shape index (κ1) is 16.4. The van der Waals surface area contributed by atoms with Gasteiger partial charge in [0.1, 0.15) is 0 Å². The van der Waals surface area contributed by atoms with Crippen LogP contribution in [-0.2, 0) is 26.4 Å². The molecule has 0 radical (unpaired) electrons. The molecule has 0 saturated carbocycles. The lowest BCUT2D eigenvalue weighted by atomic mass is 10.1. The summed E-state index contributed by atoms with van der Waals surface area (Å²) in [5.41, 5.74) is 4.19. The minimum Gasteiger partial charge on any atom is -0.480 e. The van der Waals surface area contributed by atoms with E-state index in [1.807, 2.05) is 40.9 Å². The molecule has 1 aliphatic rings. The Balaban J connectivity index is 1.79. The van der Waals surface area contributed by atoms with E-state index in [1.165, 1.54) is 0 Å². The normalized spacial score (nSPS) is 14.0. The lowest BCUT2D eigenvalue weighted by Crippen LogP contribution is -2.35. The van der Waals surface area contributed by atoms with Gasteiger partial charge in [-0.2, -0.15) is 0 Å². The van der Waals surface area contributed by atoms with Crippen LogP contribution >= 0.6 is 0 Å². The summed E-state index contributed by atoms with van der Waals surface area (Å²) in [5.74, 6) is 0.672. The summed E-state index contributed by atoms with van der Waals surface area (Å²) >= 11 is 0. The van der Waals surface area contributed by atoms with Crippen LogP contribution < -0.4 is 10.1 Å². The van der Waals surface area contributed by atoms with Gasteiger partial charge >= 0.3 is 6.03 Å². The van der Waals surface area contributed by atoms with Crippen molar-refractivity contribution >= 4 is 11.7 Å². The lowest BCUT2D eigenvalue weighted by molar-refractivity contribution is 0.208. The highest BCUT2D eigenvalue weighted by atomic mass is 16.5. The van der Waals surface area contributed by atoms with Gasteiger partial charge in [0.25, 0.3) is 0 Å². The van der Waals surface area contributed by atoms with Crippen LogP contribution in [0.1, 0.15) is 30.2 Å². The number of ether oxygens (including phenoxy) is 1. The predicted molar refractivity (Wildman–Crippen MR) is 93.3 cm³/mol. The van der Waals surface area contributed by atoms with Gasteiger partial charge in [-0.25, -0.2) is 4.79 Å². The Morgan fingerprint density at radius 1 is 1.38 bits per heavy atom. The Kier molecular flexibility index (Phi) is 4.74. The number of nitrogens with zero attached hydrogens (tertiary/aromatic N) is 3. The maximum Gasteiger partial charge on any atom is 0.322 e. The topological polar surface area (TPSA) is 59.4 Å². The van der Waals surface area contributed by atoms with Crippen molar-refractivity contribution in [2.75, 3.05) is 19.0 Å². The number of hydrogen-bond acceptors (Lipinski definition) is 3. The van der Waals surface area contributed by atoms with E-state index in [4.69, 9.17) is 4.74 Å². The molecule has 0 unspecified atom stereocenters.